The van der Waals surface area contributed by atoms with Crippen LogP contribution in [0.25, 0.3) is 0 Å². The average Bonchev–Trinajstić information content (AvgIpc) is 2.50. The number of benzene rings is 1. The maximum atomic E-state index is 12.1. The summed E-state index contributed by atoms with van der Waals surface area (Å²) in [4.78, 5) is 20.7. The SMILES string of the molecule is COCCNC(=O)c1cc(C)nc(Nc2ccc(C)c(Br)c2)n1. The molecular weight excluding hydrogens is 360 g/mol. The Hall–Kier alpha value is -1.99. The quantitative estimate of drug-likeness (QED) is 0.755. The van der Waals surface area contributed by atoms with Crippen molar-refractivity contribution >= 4 is 33.5 Å². The minimum absolute atomic E-state index is 0.249. The molecule has 6 nitrogen and oxygen atoms in total. The largest absolute Gasteiger partial charge is 0.383 e. The third kappa shape index (κ3) is 5.01. The number of carbonyl (C=O) groups excluding carboxylic acids is 1. The van der Waals surface area contributed by atoms with E-state index in [1.54, 1.807) is 13.2 Å². The van der Waals surface area contributed by atoms with Crippen molar-refractivity contribution < 1.29 is 9.53 Å². The molecule has 2 rings (SSSR count). The molecule has 23 heavy (non-hydrogen) atoms. The van der Waals surface area contributed by atoms with Gasteiger partial charge in [-0.25, -0.2) is 9.97 Å². The first kappa shape index (κ1) is 17.4. The predicted octanol–water partition coefficient (Wildman–Crippen LogP) is 2.98. The van der Waals surface area contributed by atoms with Crippen LogP contribution in [0.2, 0.25) is 0 Å². The van der Waals surface area contributed by atoms with Gasteiger partial charge < -0.3 is 15.4 Å². The molecule has 0 spiro atoms. The lowest BCUT2D eigenvalue weighted by molar-refractivity contribution is 0.0932. The van der Waals surface area contributed by atoms with Crippen LogP contribution in [0.5, 0.6) is 0 Å². The highest BCUT2D eigenvalue weighted by atomic mass is 79.9. The fourth-order valence-electron chi connectivity index (χ4n) is 1.90. The summed E-state index contributed by atoms with van der Waals surface area (Å²) in [6, 6.07) is 7.52. The van der Waals surface area contributed by atoms with Crippen molar-refractivity contribution in [2.24, 2.45) is 0 Å². The first-order valence-corrected chi connectivity index (χ1v) is 7.95. The van der Waals surface area contributed by atoms with Crippen molar-refractivity contribution in [3.05, 3.63) is 45.7 Å². The van der Waals surface area contributed by atoms with Gasteiger partial charge in [-0.05, 0) is 37.6 Å². The first-order valence-electron chi connectivity index (χ1n) is 7.15. The molecule has 0 unspecified atom stereocenters. The summed E-state index contributed by atoms with van der Waals surface area (Å²) in [7, 11) is 1.59. The smallest absolute Gasteiger partial charge is 0.270 e. The first-order chi connectivity index (χ1) is 11.0. The van der Waals surface area contributed by atoms with Crippen LogP contribution in [0, 0.1) is 13.8 Å². The lowest BCUT2D eigenvalue weighted by atomic mass is 10.2. The number of anilines is 2. The topological polar surface area (TPSA) is 76.1 Å². The molecule has 0 fully saturated rings. The van der Waals surface area contributed by atoms with E-state index in [1.165, 1.54) is 0 Å². The predicted molar refractivity (Wildman–Crippen MR) is 93.1 cm³/mol. The van der Waals surface area contributed by atoms with Crippen molar-refractivity contribution in [2.45, 2.75) is 13.8 Å². The number of amides is 1. The van der Waals surface area contributed by atoms with Crippen molar-refractivity contribution in [3.8, 4) is 0 Å². The van der Waals surface area contributed by atoms with Gasteiger partial charge in [-0.3, -0.25) is 4.79 Å². The van der Waals surface area contributed by atoms with Crippen molar-refractivity contribution in [3.63, 3.8) is 0 Å². The van der Waals surface area contributed by atoms with Crippen LogP contribution >= 0.6 is 15.9 Å². The number of nitrogens with one attached hydrogen (secondary N) is 2. The molecule has 7 heteroatoms. The zero-order chi connectivity index (χ0) is 16.8. The van der Waals surface area contributed by atoms with E-state index < -0.39 is 0 Å². The Morgan fingerprint density at radius 2 is 2.04 bits per heavy atom. The Bertz CT molecular complexity index is 706. The standard InChI is InChI=1S/C16H19BrN4O2/c1-10-4-5-12(9-13(10)17)20-16-19-11(2)8-14(21-16)15(22)18-6-7-23-3/h4-5,8-9H,6-7H2,1-3H3,(H,18,22)(H,19,20,21). The van der Waals surface area contributed by atoms with E-state index in [0.717, 1.165) is 15.7 Å². The van der Waals surface area contributed by atoms with E-state index in [4.69, 9.17) is 4.74 Å². The van der Waals surface area contributed by atoms with Crippen LogP contribution in [-0.2, 0) is 4.74 Å². The number of rotatable bonds is 6. The molecule has 0 saturated carbocycles. The van der Waals surface area contributed by atoms with Gasteiger partial charge in [0.1, 0.15) is 5.69 Å². The number of hydrogen-bond acceptors (Lipinski definition) is 5. The molecule has 2 aromatic rings. The Kier molecular flexibility index (Phi) is 6.06. The second-order valence-corrected chi connectivity index (χ2v) is 5.91. The van der Waals surface area contributed by atoms with Crippen LogP contribution in [-0.4, -0.2) is 36.1 Å². The molecule has 0 aliphatic carbocycles. The van der Waals surface area contributed by atoms with Gasteiger partial charge >= 0.3 is 0 Å². The average molecular weight is 379 g/mol. The number of halogens is 1. The summed E-state index contributed by atoms with van der Waals surface area (Å²) < 4.78 is 5.90. The Balaban J connectivity index is 2.16. The van der Waals surface area contributed by atoms with Gasteiger partial charge in [-0.15, -0.1) is 0 Å². The van der Waals surface area contributed by atoms with Crippen LogP contribution in [0.15, 0.2) is 28.7 Å². The minimum atomic E-state index is -0.249. The summed E-state index contributed by atoms with van der Waals surface area (Å²) in [5.41, 5.74) is 3.02. The second kappa shape index (κ2) is 8.03. The van der Waals surface area contributed by atoms with E-state index in [0.29, 0.717) is 30.5 Å². The summed E-state index contributed by atoms with van der Waals surface area (Å²) in [6.45, 7) is 4.73. The monoisotopic (exact) mass is 378 g/mol. The van der Waals surface area contributed by atoms with Crippen LogP contribution in [0.4, 0.5) is 11.6 Å². The molecule has 1 aromatic carbocycles. The number of nitrogens with zero attached hydrogens (tertiary/aromatic N) is 2. The van der Waals surface area contributed by atoms with Gasteiger partial charge in [0.15, 0.2) is 0 Å². The number of carbonyl (C=O) groups is 1. The molecule has 122 valence electrons. The summed E-state index contributed by atoms with van der Waals surface area (Å²) >= 11 is 3.49. The van der Waals surface area contributed by atoms with Crippen LogP contribution in [0.3, 0.4) is 0 Å². The number of aromatic nitrogens is 2. The molecule has 2 N–H and O–H groups in total. The van der Waals surface area contributed by atoms with Gasteiger partial charge in [0.25, 0.3) is 5.91 Å². The van der Waals surface area contributed by atoms with E-state index in [2.05, 4.69) is 36.5 Å². The van der Waals surface area contributed by atoms with E-state index in [1.807, 2.05) is 32.0 Å². The van der Waals surface area contributed by atoms with Gasteiger partial charge in [0.05, 0.1) is 6.61 Å². The van der Waals surface area contributed by atoms with Gasteiger partial charge in [0.2, 0.25) is 5.95 Å². The summed E-state index contributed by atoms with van der Waals surface area (Å²) in [5.74, 6) is 0.137. The van der Waals surface area contributed by atoms with Crippen molar-refractivity contribution in [2.75, 3.05) is 25.6 Å². The number of hydrogen-bond donors (Lipinski definition) is 2. The van der Waals surface area contributed by atoms with Crippen molar-refractivity contribution in [1.82, 2.24) is 15.3 Å². The third-order valence-corrected chi connectivity index (χ3v) is 3.96. The molecular formula is C16H19BrN4O2. The third-order valence-electron chi connectivity index (χ3n) is 3.11. The normalized spacial score (nSPS) is 10.4. The lowest BCUT2D eigenvalue weighted by Crippen LogP contribution is -2.28. The molecule has 0 saturated heterocycles. The summed E-state index contributed by atoms with van der Waals surface area (Å²) in [6.07, 6.45) is 0. The molecule has 0 aliphatic heterocycles. The fourth-order valence-corrected chi connectivity index (χ4v) is 2.28. The zero-order valence-electron chi connectivity index (χ0n) is 13.3. The van der Waals surface area contributed by atoms with Gasteiger partial charge in [0, 0.05) is 29.5 Å². The molecule has 1 amide bonds. The Morgan fingerprint density at radius 1 is 1.26 bits per heavy atom. The maximum absolute atomic E-state index is 12.1. The Morgan fingerprint density at radius 3 is 2.74 bits per heavy atom. The van der Waals surface area contributed by atoms with Crippen LogP contribution < -0.4 is 10.6 Å². The van der Waals surface area contributed by atoms with E-state index >= 15 is 0 Å². The minimum Gasteiger partial charge on any atom is -0.383 e. The van der Waals surface area contributed by atoms with Crippen LogP contribution in [0.1, 0.15) is 21.7 Å². The molecule has 0 atom stereocenters. The van der Waals surface area contributed by atoms with Gasteiger partial charge in [-0.2, -0.15) is 0 Å². The molecule has 0 bridgehead atoms. The Labute approximate surface area is 143 Å². The van der Waals surface area contributed by atoms with E-state index in [9.17, 15) is 4.79 Å². The molecule has 0 aliphatic rings. The molecule has 1 heterocycles. The summed E-state index contributed by atoms with van der Waals surface area (Å²) in [5, 5.41) is 5.86. The number of aryl methyl sites for hydroxylation is 2. The molecule has 0 radical (unpaired) electrons. The molecule has 1 aromatic heterocycles. The highest BCUT2D eigenvalue weighted by Crippen LogP contribution is 2.22. The fraction of sp³-hybridized carbons (Fsp3) is 0.312. The highest BCUT2D eigenvalue weighted by Gasteiger charge is 2.10. The maximum Gasteiger partial charge on any atom is 0.270 e. The van der Waals surface area contributed by atoms with Gasteiger partial charge in [-0.1, -0.05) is 22.0 Å². The highest BCUT2D eigenvalue weighted by molar-refractivity contribution is 9.10. The zero-order valence-corrected chi connectivity index (χ0v) is 14.9. The number of methoxy groups -OCH3 is 1. The van der Waals surface area contributed by atoms with Crippen molar-refractivity contribution in [1.29, 1.82) is 0 Å². The number of ether oxygens (including phenoxy) is 1. The van der Waals surface area contributed by atoms with E-state index in [-0.39, 0.29) is 5.91 Å². The second-order valence-electron chi connectivity index (χ2n) is 5.06. The lowest BCUT2D eigenvalue weighted by Gasteiger charge is -2.09.